The Morgan fingerprint density at radius 2 is 1.90 bits per heavy atom. The molecule has 0 aromatic heterocycles. The van der Waals surface area contributed by atoms with Gasteiger partial charge in [-0.1, -0.05) is 0 Å². The van der Waals surface area contributed by atoms with E-state index in [1.807, 2.05) is 0 Å². The van der Waals surface area contributed by atoms with Crippen molar-refractivity contribution in [1.82, 2.24) is 5.32 Å². The summed E-state index contributed by atoms with van der Waals surface area (Å²) in [6, 6.07) is 0.806. The zero-order valence-corrected chi connectivity index (χ0v) is 6.31. The summed E-state index contributed by atoms with van der Waals surface area (Å²) >= 11 is 0. The molecule has 1 N–H and O–H groups in total. The number of fused-ring (bicyclic) bond motifs is 5. The number of hydrogen-bond donors (Lipinski definition) is 1. The van der Waals surface area contributed by atoms with Crippen molar-refractivity contribution in [3.8, 4) is 0 Å². The molecule has 2 aliphatic heterocycles. The van der Waals surface area contributed by atoms with Crippen LogP contribution in [-0.2, 0) is 4.74 Å². The van der Waals surface area contributed by atoms with E-state index < -0.39 is 0 Å². The van der Waals surface area contributed by atoms with E-state index in [9.17, 15) is 0 Å². The topological polar surface area (TPSA) is 21.3 Å². The average Bonchev–Trinajstić information content (AvgIpc) is 1.89. The van der Waals surface area contributed by atoms with Crippen molar-refractivity contribution < 1.29 is 4.74 Å². The molecule has 1 aliphatic carbocycles. The molecule has 1 saturated carbocycles. The van der Waals surface area contributed by atoms with Gasteiger partial charge >= 0.3 is 0 Å². The number of hydrogen-bond acceptors (Lipinski definition) is 2. The molecule has 3 aliphatic rings. The summed E-state index contributed by atoms with van der Waals surface area (Å²) < 4.78 is 5.61. The van der Waals surface area contributed by atoms with E-state index in [1.165, 1.54) is 25.7 Å². The van der Waals surface area contributed by atoms with Gasteiger partial charge in [-0.2, -0.15) is 0 Å². The molecule has 3 fully saturated rings. The lowest BCUT2D eigenvalue weighted by atomic mass is 9.92. The van der Waals surface area contributed by atoms with Crippen molar-refractivity contribution >= 4 is 0 Å². The van der Waals surface area contributed by atoms with E-state index in [-0.39, 0.29) is 0 Å². The molecule has 0 radical (unpaired) electrons. The maximum absolute atomic E-state index is 5.61. The first-order chi connectivity index (χ1) is 4.95. The summed E-state index contributed by atoms with van der Waals surface area (Å²) in [5.74, 6) is 0. The Morgan fingerprint density at radius 3 is 2.70 bits per heavy atom. The Bertz CT molecular complexity index is 88.3. The summed E-state index contributed by atoms with van der Waals surface area (Å²) in [5, 5.41) is 3.48. The minimum atomic E-state index is 0.596. The van der Waals surface area contributed by atoms with E-state index in [1.54, 1.807) is 0 Å². The first kappa shape index (κ1) is 6.62. The maximum atomic E-state index is 5.61. The minimum Gasteiger partial charge on any atom is -0.377 e. The van der Waals surface area contributed by atoms with Crippen molar-refractivity contribution in [3.63, 3.8) is 0 Å². The van der Waals surface area contributed by atoms with Crippen LogP contribution in [0.2, 0.25) is 0 Å². The third-order valence-corrected chi connectivity index (χ3v) is 2.56. The molecular weight excluding hydrogens is 126 g/mol. The molecule has 3 rings (SSSR count). The number of nitrogens with one attached hydrogen (secondary N) is 1. The van der Waals surface area contributed by atoms with Crippen molar-refractivity contribution in [1.29, 1.82) is 0 Å². The fraction of sp³-hybridized carbons (Fsp3) is 1.00. The quantitative estimate of drug-likeness (QED) is 0.541. The molecule has 2 nitrogen and oxygen atoms in total. The Labute approximate surface area is 61.9 Å². The van der Waals surface area contributed by atoms with E-state index in [4.69, 9.17) is 4.74 Å². The van der Waals surface area contributed by atoms with Crippen LogP contribution in [0.1, 0.15) is 25.7 Å². The molecule has 2 saturated heterocycles. The highest BCUT2D eigenvalue weighted by Crippen LogP contribution is 2.22. The first-order valence-electron chi connectivity index (χ1n) is 4.30. The van der Waals surface area contributed by atoms with Crippen LogP contribution >= 0.6 is 0 Å². The molecule has 58 valence electrons. The standard InChI is InChI=1S/C8H15NO/c1-3-8-4-2-7(1)9-5-6-10-8/h7-9H,1-6H2. The second-order valence-electron chi connectivity index (χ2n) is 3.30. The van der Waals surface area contributed by atoms with Gasteiger partial charge in [-0.05, 0) is 25.7 Å². The van der Waals surface area contributed by atoms with Crippen LogP contribution in [0.5, 0.6) is 0 Å². The van der Waals surface area contributed by atoms with Crippen LogP contribution < -0.4 is 5.32 Å². The molecule has 0 aromatic carbocycles. The summed E-state index contributed by atoms with van der Waals surface area (Å²) in [5.41, 5.74) is 0. The SMILES string of the molecule is C1COC2CCC(CC2)N1. The van der Waals surface area contributed by atoms with Gasteiger partial charge in [0.25, 0.3) is 0 Å². The largest absolute Gasteiger partial charge is 0.377 e. The Kier molecular flexibility index (Phi) is 1.91. The molecule has 0 atom stereocenters. The molecule has 2 bridgehead atoms. The lowest BCUT2D eigenvalue weighted by Gasteiger charge is -2.32. The van der Waals surface area contributed by atoms with Crippen molar-refractivity contribution in [3.05, 3.63) is 0 Å². The Morgan fingerprint density at radius 1 is 1.10 bits per heavy atom. The highest BCUT2D eigenvalue weighted by molar-refractivity contribution is 4.79. The van der Waals surface area contributed by atoms with Gasteiger partial charge in [0.2, 0.25) is 0 Å². The second-order valence-corrected chi connectivity index (χ2v) is 3.30. The fourth-order valence-corrected chi connectivity index (χ4v) is 1.92. The van der Waals surface area contributed by atoms with Gasteiger partial charge in [-0.15, -0.1) is 0 Å². The van der Waals surface area contributed by atoms with Gasteiger partial charge in [0.15, 0.2) is 0 Å². The van der Waals surface area contributed by atoms with Gasteiger partial charge < -0.3 is 10.1 Å². The predicted molar refractivity (Wildman–Crippen MR) is 40.0 cm³/mol. The zero-order valence-electron chi connectivity index (χ0n) is 6.31. The highest BCUT2D eigenvalue weighted by Gasteiger charge is 2.22. The van der Waals surface area contributed by atoms with E-state index in [2.05, 4.69) is 5.32 Å². The molecule has 0 amide bonds. The third kappa shape index (κ3) is 1.32. The third-order valence-electron chi connectivity index (χ3n) is 2.56. The summed E-state index contributed by atoms with van der Waals surface area (Å²) in [7, 11) is 0. The van der Waals surface area contributed by atoms with Crippen LogP contribution in [0.4, 0.5) is 0 Å². The van der Waals surface area contributed by atoms with E-state index in [0.29, 0.717) is 6.10 Å². The first-order valence-corrected chi connectivity index (χ1v) is 4.30. The number of rotatable bonds is 0. The summed E-state index contributed by atoms with van der Waals surface area (Å²) in [6.45, 7) is 1.97. The molecular formula is C8H15NO. The van der Waals surface area contributed by atoms with Crippen LogP contribution in [0.3, 0.4) is 0 Å². The monoisotopic (exact) mass is 141 g/mol. The number of ether oxygens (including phenoxy) is 1. The van der Waals surface area contributed by atoms with Crippen LogP contribution in [0.25, 0.3) is 0 Å². The van der Waals surface area contributed by atoms with Crippen LogP contribution in [0.15, 0.2) is 0 Å². The second kappa shape index (κ2) is 2.89. The van der Waals surface area contributed by atoms with Gasteiger partial charge in [0, 0.05) is 12.6 Å². The zero-order chi connectivity index (χ0) is 6.81. The minimum absolute atomic E-state index is 0.596. The molecule has 2 heterocycles. The fourth-order valence-electron chi connectivity index (χ4n) is 1.92. The lowest BCUT2D eigenvalue weighted by molar-refractivity contribution is 0.00654. The average molecular weight is 141 g/mol. The summed E-state index contributed by atoms with van der Waals surface area (Å²) in [6.07, 6.45) is 5.79. The van der Waals surface area contributed by atoms with Crippen LogP contribution in [-0.4, -0.2) is 25.3 Å². The normalized spacial score (nSPS) is 40.8. The van der Waals surface area contributed by atoms with Crippen LogP contribution in [0, 0.1) is 0 Å². The molecule has 0 unspecified atom stereocenters. The van der Waals surface area contributed by atoms with E-state index in [0.717, 1.165) is 19.2 Å². The van der Waals surface area contributed by atoms with Gasteiger partial charge in [-0.25, -0.2) is 0 Å². The lowest BCUT2D eigenvalue weighted by Crippen LogP contribution is -2.41. The molecule has 2 heteroatoms. The summed E-state index contributed by atoms with van der Waals surface area (Å²) in [4.78, 5) is 0. The van der Waals surface area contributed by atoms with Crippen molar-refractivity contribution in [2.45, 2.75) is 37.8 Å². The van der Waals surface area contributed by atoms with E-state index >= 15 is 0 Å². The Hall–Kier alpha value is -0.0800. The molecule has 0 spiro atoms. The van der Waals surface area contributed by atoms with Crippen molar-refractivity contribution in [2.24, 2.45) is 0 Å². The van der Waals surface area contributed by atoms with Gasteiger partial charge in [0.1, 0.15) is 0 Å². The van der Waals surface area contributed by atoms with Gasteiger partial charge in [0.05, 0.1) is 12.7 Å². The maximum Gasteiger partial charge on any atom is 0.0594 e. The molecule has 10 heavy (non-hydrogen) atoms. The van der Waals surface area contributed by atoms with Gasteiger partial charge in [-0.3, -0.25) is 0 Å². The predicted octanol–water partition coefficient (Wildman–Crippen LogP) is 0.917. The smallest absolute Gasteiger partial charge is 0.0594 e. The Balaban J connectivity index is 1.94. The van der Waals surface area contributed by atoms with Crippen molar-refractivity contribution in [2.75, 3.05) is 13.2 Å². The highest BCUT2D eigenvalue weighted by atomic mass is 16.5. The molecule has 0 aromatic rings.